The summed E-state index contributed by atoms with van der Waals surface area (Å²) in [5.41, 5.74) is 4.02. The lowest BCUT2D eigenvalue weighted by atomic mass is 9.71. The van der Waals surface area contributed by atoms with Crippen LogP contribution in [0.4, 0.5) is 10.2 Å². The Morgan fingerprint density at radius 3 is 2.43 bits per heavy atom. The second-order valence-corrected chi connectivity index (χ2v) is 18.0. The molecule has 3 aromatic carbocycles. The van der Waals surface area contributed by atoms with Gasteiger partial charge in [0.1, 0.15) is 23.5 Å². The number of unbranched alkanes of at least 4 members (excludes halogenated alkanes) is 1. The fourth-order valence-corrected chi connectivity index (χ4v) is 9.85. The molecule has 0 aliphatic carbocycles. The van der Waals surface area contributed by atoms with Crippen LogP contribution in [-0.4, -0.2) is 101 Å². The van der Waals surface area contributed by atoms with Gasteiger partial charge in [0, 0.05) is 41.0 Å². The number of fused-ring (bicyclic) bond motifs is 2. The van der Waals surface area contributed by atoms with E-state index in [1.54, 1.807) is 13.2 Å². The number of rotatable bonds is 14. The molecule has 0 bridgehead atoms. The van der Waals surface area contributed by atoms with Gasteiger partial charge in [-0.05, 0) is 144 Å². The van der Waals surface area contributed by atoms with Crippen molar-refractivity contribution in [1.82, 2.24) is 30.0 Å². The fourth-order valence-electron chi connectivity index (χ4n) is 9.43. The fraction of sp³-hybridized carbons (Fsp3) is 0.500. The van der Waals surface area contributed by atoms with Crippen molar-refractivity contribution in [2.75, 3.05) is 58.3 Å². The van der Waals surface area contributed by atoms with Crippen molar-refractivity contribution in [3.8, 4) is 11.5 Å². The molecular weight excluding hydrogens is 829 g/mol. The third-order valence-corrected chi connectivity index (χ3v) is 13.6. The van der Waals surface area contributed by atoms with Crippen LogP contribution in [0, 0.1) is 18.2 Å². The highest BCUT2D eigenvalue weighted by atomic mass is 79.9. The van der Waals surface area contributed by atoms with Gasteiger partial charge in [-0.25, -0.2) is 14.4 Å². The van der Waals surface area contributed by atoms with Gasteiger partial charge in [0.25, 0.3) is 5.91 Å². The molecule has 2 atom stereocenters. The number of hydrogen-bond acceptors (Lipinski definition) is 10. The molecule has 4 aromatic rings. The molecule has 12 nitrogen and oxygen atoms in total. The summed E-state index contributed by atoms with van der Waals surface area (Å²) in [5, 5.41) is 6.78. The van der Waals surface area contributed by atoms with Crippen LogP contribution < -0.4 is 20.1 Å². The number of hydrogen-bond donors (Lipinski definition) is 2. The van der Waals surface area contributed by atoms with Gasteiger partial charge in [-0.15, -0.1) is 0 Å². The van der Waals surface area contributed by atoms with Gasteiger partial charge in [-0.1, -0.05) is 34.1 Å². The molecule has 3 amide bonds. The number of likely N-dealkylation sites (tertiary alicyclic amines) is 2. The maximum absolute atomic E-state index is 15.3. The second kappa shape index (κ2) is 18.1. The number of anilines is 1. The highest BCUT2D eigenvalue weighted by Gasteiger charge is 2.40. The number of aryl methyl sites for hydroxylation is 1. The number of carbonyl (C=O) groups excluding carboxylic acids is 3. The minimum Gasteiger partial charge on any atom is -0.493 e. The summed E-state index contributed by atoms with van der Waals surface area (Å²) in [5.74, 6) is 1.29. The van der Waals surface area contributed by atoms with Crippen molar-refractivity contribution in [3.05, 3.63) is 86.9 Å². The van der Waals surface area contributed by atoms with E-state index in [9.17, 15) is 14.4 Å². The molecule has 1 spiro atoms. The van der Waals surface area contributed by atoms with E-state index < -0.39 is 11.9 Å². The Morgan fingerprint density at radius 2 is 1.72 bits per heavy atom. The van der Waals surface area contributed by atoms with E-state index >= 15 is 4.39 Å². The maximum atomic E-state index is 15.3. The molecule has 1 aromatic heterocycles. The van der Waals surface area contributed by atoms with Gasteiger partial charge in [0.15, 0.2) is 11.5 Å². The van der Waals surface area contributed by atoms with Crippen LogP contribution in [0.2, 0.25) is 0 Å². The normalized spacial score (nSPS) is 20.1. The molecule has 4 aliphatic rings. The Kier molecular flexibility index (Phi) is 12.7. The van der Waals surface area contributed by atoms with Crippen LogP contribution in [0.5, 0.6) is 11.5 Å². The number of imide groups is 1. The van der Waals surface area contributed by atoms with E-state index in [4.69, 9.17) is 19.4 Å². The Morgan fingerprint density at radius 1 is 0.967 bits per heavy atom. The lowest BCUT2D eigenvalue weighted by molar-refractivity contribution is -0.136. The van der Waals surface area contributed by atoms with E-state index in [0.717, 1.165) is 97.3 Å². The number of piperidine rings is 3. The number of benzene rings is 3. The summed E-state index contributed by atoms with van der Waals surface area (Å²) in [6.45, 7) is 11.0. The largest absolute Gasteiger partial charge is 0.493 e. The van der Waals surface area contributed by atoms with Crippen LogP contribution in [0.25, 0.3) is 10.9 Å². The molecule has 2 N–H and O–H groups in total. The van der Waals surface area contributed by atoms with Crippen molar-refractivity contribution in [1.29, 1.82) is 0 Å². The van der Waals surface area contributed by atoms with E-state index in [-0.39, 0.29) is 36.6 Å². The van der Waals surface area contributed by atoms with Crippen LogP contribution in [0.3, 0.4) is 0 Å². The highest BCUT2D eigenvalue weighted by molar-refractivity contribution is 9.10. The number of methoxy groups -OCH3 is 1. The Hall–Kier alpha value is -4.66. The average molecular weight is 885 g/mol. The number of carbonyl (C=O) groups is 3. The Labute approximate surface area is 359 Å². The molecule has 60 heavy (non-hydrogen) atoms. The number of amides is 3. The lowest BCUT2D eigenvalue weighted by Gasteiger charge is -2.47. The molecule has 8 rings (SSSR count). The topological polar surface area (TPSA) is 129 Å². The third kappa shape index (κ3) is 9.30. The molecule has 0 radical (unpaired) electrons. The van der Waals surface area contributed by atoms with Crippen LogP contribution in [-0.2, 0) is 22.6 Å². The SMILES string of the molecule is COc1cc2c(NC(C)c3cccc(Br)c3)nc(C)nc2cc1OCCCCN1CCC2(CC1)CCN(CCc1cc3c(cc1F)C(=O)N(C1CCC(=O)NC1=O)C3)CC2. The van der Waals surface area contributed by atoms with Crippen LogP contribution in [0.15, 0.2) is 53.0 Å². The van der Waals surface area contributed by atoms with E-state index in [1.165, 1.54) is 23.8 Å². The zero-order chi connectivity index (χ0) is 42.0. The van der Waals surface area contributed by atoms with Crippen molar-refractivity contribution < 1.29 is 28.2 Å². The molecule has 14 heteroatoms. The summed E-state index contributed by atoms with van der Waals surface area (Å²) in [6.07, 6.45) is 7.80. The minimum atomic E-state index is -0.703. The van der Waals surface area contributed by atoms with Gasteiger partial charge in [0.2, 0.25) is 11.8 Å². The lowest BCUT2D eigenvalue weighted by Crippen LogP contribution is -2.52. The van der Waals surface area contributed by atoms with Gasteiger partial charge in [-0.3, -0.25) is 19.7 Å². The Balaban J connectivity index is 0.760. The summed E-state index contributed by atoms with van der Waals surface area (Å²) >= 11 is 3.57. The molecule has 5 heterocycles. The number of nitrogens with zero attached hydrogens (tertiary/aromatic N) is 5. The molecule has 2 unspecified atom stereocenters. The molecular formula is C46H55BrFN7O5. The van der Waals surface area contributed by atoms with E-state index in [1.807, 2.05) is 31.2 Å². The first-order chi connectivity index (χ1) is 29.0. The van der Waals surface area contributed by atoms with Crippen molar-refractivity contribution in [3.63, 3.8) is 0 Å². The van der Waals surface area contributed by atoms with Gasteiger partial charge < -0.3 is 29.5 Å². The van der Waals surface area contributed by atoms with E-state index in [0.29, 0.717) is 53.3 Å². The number of aromatic nitrogens is 2. The number of ether oxygens (including phenoxy) is 2. The zero-order valence-electron chi connectivity index (χ0n) is 34.8. The quantitative estimate of drug-likeness (QED) is 0.0980. The molecule has 4 aliphatic heterocycles. The highest BCUT2D eigenvalue weighted by Crippen LogP contribution is 2.42. The molecule has 3 saturated heterocycles. The number of nitrogens with one attached hydrogen (secondary N) is 2. The van der Waals surface area contributed by atoms with Crippen molar-refractivity contribution in [2.45, 2.75) is 90.3 Å². The number of halogens is 2. The summed E-state index contributed by atoms with van der Waals surface area (Å²) in [4.78, 5) is 53.1. The smallest absolute Gasteiger partial charge is 0.255 e. The second-order valence-electron chi connectivity index (χ2n) is 17.1. The summed E-state index contributed by atoms with van der Waals surface area (Å²) < 4.78 is 28.3. The maximum Gasteiger partial charge on any atom is 0.255 e. The first kappa shape index (κ1) is 42.0. The van der Waals surface area contributed by atoms with Crippen LogP contribution in [0.1, 0.15) is 97.2 Å². The third-order valence-electron chi connectivity index (χ3n) is 13.1. The molecule has 318 valence electrons. The zero-order valence-corrected chi connectivity index (χ0v) is 36.4. The Bertz CT molecular complexity index is 2260. The van der Waals surface area contributed by atoms with Gasteiger partial charge in [-0.2, -0.15) is 0 Å². The molecule has 0 saturated carbocycles. The van der Waals surface area contributed by atoms with Gasteiger partial charge in [0.05, 0.1) is 25.3 Å². The summed E-state index contributed by atoms with van der Waals surface area (Å²) in [7, 11) is 1.66. The first-order valence-electron chi connectivity index (χ1n) is 21.4. The van der Waals surface area contributed by atoms with Crippen molar-refractivity contribution in [2.24, 2.45) is 5.41 Å². The van der Waals surface area contributed by atoms with Gasteiger partial charge >= 0.3 is 0 Å². The average Bonchev–Trinajstić information content (AvgIpc) is 3.54. The predicted molar refractivity (Wildman–Crippen MR) is 232 cm³/mol. The monoisotopic (exact) mass is 883 g/mol. The van der Waals surface area contributed by atoms with Crippen LogP contribution >= 0.6 is 15.9 Å². The standard InChI is InChI=1S/C46H55BrFN7O5/c1-29(31-7-6-8-34(47)24-31)49-43-36-26-40(59-3)41(27-38(36)50-30(2)51-43)60-22-5-4-16-53-18-12-46(13-19-53)14-20-54(21-15-46)17-11-32-23-33-28-55(45(58)35(33)25-37(32)48)39-9-10-42(56)52-44(39)57/h6-8,23-27,29,39H,4-5,9-22,28H2,1-3H3,(H,49,50,51)(H,52,56,57). The molecule has 3 fully saturated rings. The first-order valence-corrected chi connectivity index (χ1v) is 22.2. The minimum absolute atomic E-state index is 0.0354. The van der Waals surface area contributed by atoms with E-state index in [2.05, 4.69) is 55.4 Å². The summed E-state index contributed by atoms with van der Waals surface area (Å²) in [6, 6.07) is 14.7. The van der Waals surface area contributed by atoms with Crippen molar-refractivity contribution >= 4 is 50.4 Å². The predicted octanol–water partition coefficient (Wildman–Crippen LogP) is 7.36.